The maximum Gasteiger partial charge on any atom is 0.0726 e. The summed E-state index contributed by atoms with van der Waals surface area (Å²) in [5.74, 6) is 0. The van der Waals surface area contributed by atoms with Gasteiger partial charge in [0.2, 0.25) is 0 Å². The molecule has 1 aliphatic heterocycles. The zero-order chi connectivity index (χ0) is 10.7. The van der Waals surface area contributed by atoms with Crippen molar-refractivity contribution in [3.8, 4) is 0 Å². The summed E-state index contributed by atoms with van der Waals surface area (Å²) in [5.41, 5.74) is 0. The molecule has 1 saturated heterocycles. The van der Waals surface area contributed by atoms with Gasteiger partial charge < -0.3 is 9.64 Å². The molecule has 1 unspecified atom stereocenters. The van der Waals surface area contributed by atoms with E-state index in [9.17, 15) is 0 Å². The van der Waals surface area contributed by atoms with Crippen molar-refractivity contribution in [2.75, 3.05) is 40.3 Å². The van der Waals surface area contributed by atoms with Crippen LogP contribution >= 0.6 is 0 Å². The zero-order valence-electron chi connectivity index (χ0n) is 10.1. The predicted octanol–water partition coefficient (Wildman–Crippen LogP) is 1.19. The van der Waals surface area contributed by atoms with Gasteiger partial charge in [-0.1, -0.05) is 12.8 Å². The number of likely N-dealkylation sites (N-methyl/N-ethyl adjacent to an activating group) is 1. The summed E-state index contributed by atoms with van der Waals surface area (Å²) in [6.45, 7) is 4.88. The van der Waals surface area contributed by atoms with Gasteiger partial charge in [0.25, 0.3) is 0 Å². The molecule has 2 rings (SSSR count). The fourth-order valence-corrected chi connectivity index (χ4v) is 2.92. The molecule has 2 fully saturated rings. The maximum atomic E-state index is 5.63. The molecule has 0 N–H and O–H groups in total. The number of ether oxygens (including phenoxy) is 1. The van der Waals surface area contributed by atoms with Crippen LogP contribution in [0.2, 0.25) is 0 Å². The van der Waals surface area contributed by atoms with E-state index in [1.807, 2.05) is 7.11 Å². The number of rotatable bonds is 2. The van der Waals surface area contributed by atoms with Gasteiger partial charge in [0.1, 0.15) is 0 Å². The van der Waals surface area contributed by atoms with Gasteiger partial charge in [-0.05, 0) is 19.9 Å². The van der Waals surface area contributed by atoms with Crippen LogP contribution in [-0.4, -0.2) is 62.3 Å². The largest absolute Gasteiger partial charge is 0.380 e. The highest BCUT2D eigenvalue weighted by molar-refractivity contribution is 4.86. The Morgan fingerprint density at radius 2 is 1.67 bits per heavy atom. The Labute approximate surface area is 93.4 Å². The highest BCUT2D eigenvalue weighted by atomic mass is 16.5. The van der Waals surface area contributed by atoms with Gasteiger partial charge in [-0.2, -0.15) is 0 Å². The van der Waals surface area contributed by atoms with Crippen molar-refractivity contribution in [2.24, 2.45) is 0 Å². The SMILES string of the molecule is COC1CCCC[C@@H]1N1CCN(C)CC1. The van der Waals surface area contributed by atoms with E-state index in [-0.39, 0.29) is 0 Å². The number of nitrogens with zero attached hydrogens (tertiary/aromatic N) is 2. The highest BCUT2D eigenvalue weighted by Gasteiger charge is 2.31. The van der Waals surface area contributed by atoms with Crippen LogP contribution in [0.5, 0.6) is 0 Å². The molecule has 3 heteroatoms. The lowest BCUT2D eigenvalue weighted by Gasteiger charge is -2.42. The van der Waals surface area contributed by atoms with Crippen LogP contribution in [0, 0.1) is 0 Å². The van der Waals surface area contributed by atoms with Gasteiger partial charge in [-0.25, -0.2) is 0 Å². The Morgan fingerprint density at radius 1 is 1.00 bits per heavy atom. The summed E-state index contributed by atoms with van der Waals surface area (Å²) in [6.07, 6.45) is 5.82. The first-order valence-electron chi connectivity index (χ1n) is 6.26. The van der Waals surface area contributed by atoms with Gasteiger partial charge in [-0.15, -0.1) is 0 Å². The minimum Gasteiger partial charge on any atom is -0.380 e. The van der Waals surface area contributed by atoms with Crippen LogP contribution in [-0.2, 0) is 4.74 Å². The second-order valence-electron chi connectivity index (χ2n) is 4.97. The first-order chi connectivity index (χ1) is 7.31. The molecule has 0 radical (unpaired) electrons. The second kappa shape index (κ2) is 5.28. The Bertz CT molecular complexity index is 190. The van der Waals surface area contributed by atoms with Crippen LogP contribution in [0.1, 0.15) is 25.7 Å². The van der Waals surface area contributed by atoms with E-state index in [1.165, 1.54) is 51.9 Å². The molecule has 0 aromatic rings. The summed E-state index contributed by atoms with van der Waals surface area (Å²) in [7, 11) is 4.09. The lowest BCUT2D eigenvalue weighted by Crippen LogP contribution is -2.54. The normalized spacial score (nSPS) is 35.6. The molecule has 88 valence electrons. The van der Waals surface area contributed by atoms with Gasteiger partial charge >= 0.3 is 0 Å². The maximum absolute atomic E-state index is 5.63. The third-order valence-electron chi connectivity index (χ3n) is 3.98. The fraction of sp³-hybridized carbons (Fsp3) is 1.00. The molecule has 0 bridgehead atoms. The van der Waals surface area contributed by atoms with E-state index >= 15 is 0 Å². The first kappa shape index (κ1) is 11.4. The molecule has 1 heterocycles. The van der Waals surface area contributed by atoms with E-state index in [0.29, 0.717) is 12.1 Å². The third-order valence-corrected chi connectivity index (χ3v) is 3.98. The first-order valence-corrected chi connectivity index (χ1v) is 6.26. The van der Waals surface area contributed by atoms with Crippen LogP contribution in [0.4, 0.5) is 0 Å². The third kappa shape index (κ3) is 2.71. The number of methoxy groups -OCH3 is 1. The minimum absolute atomic E-state index is 0.488. The Hall–Kier alpha value is -0.120. The van der Waals surface area contributed by atoms with Gasteiger partial charge in [0.15, 0.2) is 0 Å². The zero-order valence-corrected chi connectivity index (χ0v) is 10.1. The number of hydrogen-bond acceptors (Lipinski definition) is 3. The monoisotopic (exact) mass is 212 g/mol. The number of piperazine rings is 1. The molecule has 1 saturated carbocycles. The fourth-order valence-electron chi connectivity index (χ4n) is 2.92. The topological polar surface area (TPSA) is 15.7 Å². The van der Waals surface area contributed by atoms with Crippen LogP contribution in [0.25, 0.3) is 0 Å². The molecule has 2 aliphatic rings. The van der Waals surface area contributed by atoms with Crippen molar-refractivity contribution >= 4 is 0 Å². The summed E-state index contributed by atoms with van der Waals surface area (Å²) in [5, 5.41) is 0. The lowest BCUT2D eigenvalue weighted by molar-refractivity contribution is -0.0246. The second-order valence-corrected chi connectivity index (χ2v) is 4.97. The van der Waals surface area contributed by atoms with Crippen LogP contribution in [0.15, 0.2) is 0 Å². The van der Waals surface area contributed by atoms with Gasteiger partial charge in [0, 0.05) is 39.3 Å². The standard InChI is InChI=1S/C12H24N2O/c1-13-7-9-14(10-8-13)11-5-3-4-6-12(11)15-2/h11-12H,3-10H2,1-2H3/t11-,12?/m0/s1. The van der Waals surface area contributed by atoms with Crippen molar-refractivity contribution in [1.82, 2.24) is 9.80 Å². The molecular formula is C12H24N2O. The van der Waals surface area contributed by atoms with Gasteiger partial charge in [-0.3, -0.25) is 4.90 Å². The molecule has 2 atom stereocenters. The van der Waals surface area contributed by atoms with Crippen LogP contribution < -0.4 is 0 Å². The predicted molar refractivity (Wildman–Crippen MR) is 62.1 cm³/mol. The molecule has 0 spiro atoms. The summed E-state index contributed by atoms with van der Waals surface area (Å²) >= 11 is 0. The highest BCUT2D eigenvalue weighted by Crippen LogP contribution is 2.25. The number of hydrogen-bond donors (Lipinski definition) is 0. The van der Waals surface area contributed by atoms with E-state index in [0.717, 1.165) is 0 Å². The van der Waals surface area contributed by atoms with Crippen LogP contribution in [0.3, 0.4) is 0 Å². The van der Waals surface area contributed by atoms with Crippen molar-refractivity contribution in [3.63, 3.8) is 0 Å². The Morgan fingerprint density at radius 3 is 2.33 bits per heavy atom. The summed E-state index contributed by atoms with van der Waals surface area (Å²) in [6, 6.07) is 0.692. The minimum atomic E-state index is 0.488. The van der Waals surface area contributed by atoms with E-state index in [4.69, 9.17) is 4.74 Å². The summed E-state index contributed by atoms with van der Waals surface area (Å²) < 4.78 is 5.63. The van der Waals surface area contributed by atoms with E-state index in [1.54, 1.807) is 0 Å². The molecule has 0 aromatic heterocycles. The molecule has 0 amide bonds. The molecule has 0 aromatic carbocycles. The quantitative estimate of drug-likeness (QED) is 0.684. The van der Waals surface area contributed by atoms with E-state index < -0.39 is 0 Å². The van der Waals surface area contributed by atoms with Crippen molar-refractivity contribution < 1.29 is 4.74 Å². The van der Waals surface area contributed by atoms with Crippen molar-refractivity contribution in [1.29, 1.82) is 0 Å². The molecule has 1 aliphatic carbocycles. The molecular weight excluding hydrogens is 188 g/mol. The summed E-state index contributed by atoms with van der Waals surface area (Å²) in [4.78, 5) is 5.06. The van der Waals surface area contributed by atoms with Crippen molar-refractivity contribution in [2.45, 2.75) is 37.8 Å². The Kier molecular flexibility index (Phi) is 4.00. The smallest absolute Gasteiger partial charge is 0.0726 e. The Balaban J connectivity index is 1.90. The van der Waals surface area contributed by atoms with Crippen molar-refractivity contribution in [3.05, 3.63) is 0 Å². The van der Waals surface area contributed by atoms with E-state index in [2.05, 4.69) is 16.8 Å². The molecule has 15 heavy (non-hydrogen) atoms. The average molecular weight is 212 g/mol. The average Bonchev–Trinajstić information content (AvgIpc) is 2.30. The lowest BCUT2D eigenvalue weighted by atomic mass is 9.91. The molecule has 3 nitrogen and oxygen atoms in total. The van der Waals surface area contributed by atoms with Gasteiger partial charge in [0.05, 0.1) is 6.10 Å².